The Kier molecular flexibility index (Phi) is 5.08. The molecule has 0 aliphatic rings. The number of carbonyl (C=O) groups is 1. The summed E-state index contributed by atoms with van der Waals surface area (Å²) in [4.78, 5) is 12.0. The maximum atomic E-state index is 12.0. The lowest BCUT2D eigenvalue weighted by Gasteiger charge is -2.06. The predicted molar refractivity (Wildman–Crippen MR) is 73.8 cm³/mol. The fourth-order valence-electron chi connectivity index (χ4n) is 1.77. The third-order valence-electron chi connectivity index (χ3n) is 2.99. The molecule has 0 heterocycles. The molecule has 0 fully saturated rings. The molecule has 0 saturated carbocycles. The molecule has 3 nitrogen and oxygen atoms in total. The number of carbonyl (C=O) groups excluding carboxylic acids is 1. The van der Waals surface area contributed by atoms with Gasteiger partial charge in [-0.2, -0.15) is 0 Å². The highest BCUT2D eigenvalue weighted by atomic mass is 32.2. The lowest BCUT2D eigenvalue weighted by molar-refractivity contribution is 0.0981. The van der Waals surface area contributed by atoms with Gasteiger partial charge in [0.05, 0.1) is 5.75 Å². The van der Waals surface area contributed by atoms with Crippen molar-refractivity contribution < 1.29 is 13.2 Å². The summed E-state index contributed by atoms with van der Waals surface area (Å²) in [6.07, 6.45) is 0.700. The smallest absolute Gasteiger partial charge is 0.163 e. The molecular weight excluding hydrogens is 248 g/mol. The third kappa shape index (κ3) is 4.26. The van der Waals surface area contributed by atoms with Gasteiger partial charge in [0, 0.05) is 17.7 Å². The van der Waals surface area contributed by atoms with Crippen molar-refractivity contribution in [2.45, 2.75) is 33.6 Å². The Morgan fingerprint density at radius 3 is 2.50 bits per heavy atom. The minimum absolute atomic E-state index is 0.0301. The predicted octanol–water partition coefficient (Wildman–Crippen LogP) is 2.70. The Morgan fingerprint density at radius 1 is 1.22 bits per heavy atom. The number of hydrogen-bond donors (Lipinski definition) is 0. The van der Waals surface area contributed by atoms with E-state index in [-0.39, 0.29) is 17.3 Å². The molecule has 100 valence electrons. The summed E-state index contributed by atoms with van der Waals surface area (Å²) in [6, 6.07) is 5.75. The summed E-state index contributed by atoms with van der Waals surface area (Å²) >= 11 is 0. The minimum atomic E-state index is -2.97. The molecule has 0 spiro atoms. The molecule has 0 bridgehead atoms. The quantitative estimate of drug-likeness (QED) is 0.745. The van der Waals surface area contributed by atoms with Gasteiger partial charge >= 0.3 is 0 Å². The van der Waals surface area contributed by atoms with Crippen LogP contribution in [0.4, 0.5) is 0 Å². The Hall–Kier alpha value is -1.16. The van der Waals surface area contributed by atoms with Crippen LogP contribution in [0.3, 0.4) is 0 Å². The normalized spacial score (nSPS) is 11.5. The Balaban J connectivity index is 2.64. The summed E-state index contributed by atoms with van der Waals surface area (Å²) in [6.45, 7) is 5.47. The number of aryl methyl sites for hydroxylation is 2. The van der Waals surface area contributed by atoms with Crippen LogP contribution in [0.1, 0.15) is 41.3 Å². The first kappa shape index (κ1) is 14.9. The van der Waals surface area contributed by atoms with E-state index in [1.165, 1.54) is 0 Å². The first-order chi connectivity index (χ1) is 8.35. The topological polar surface area (TPSA) is 51.2 Å². The first-order valence-electron chi connectivity index (χ1n) is 6.16. The van der Waals surface area contributed by atoms with Gasteiger partial charge in [-0.05, 0) is 31.9 Å². The zero-order valence-electron chi connectivity index (χ0n) is 11.2. The molecule has 0 aliphatic heterocycles. The van der Waals surface area contributed by atoms with Crippen molar-refractivity contribution in [3.05, 3.63) is 34.9 Å². The molecule has 0 unspecified atom stereocenters. The van der Waals surface area contributed by atoms with Gasteiger partial charge in [0.1, 0.15) is 9.84 Å². The van der Waals surface area contributed by atoms with Gasteiger partial charge in [0.25, 0.3) is 0 Å². The van der Waals surface area contributed by atoms with E-state index in [4.69, 9.17) is 0 Å². The molecule has 0 radical (unpaired) electrons. The molecule has 0 saturated heterocycles. The zero-order valence-corrected chi connectivity index (χ0v) is 12.0. The van der Waals surface area contributed by atoms with E-state index in [0.29, 0.717) is 18.4 Å². The molecule has 0 atom stereocenters. The standard InChI is InChI=1S/C14H20O3S/c1-4-18(16,17)9-5-6-14(15)13-10-11(2)7-8-12(13)3/h7-8,10H,4-6,9H2,1-3H3. The summed E-state index contributed by atoms with van der Waals surface area (Å²) in [5, 5.41) is 0. The number of ketones is 1. The molecular formula is C14H20O3S. The van der Waals surface area contributed by atoms with Crippen LogP contribution in [-0.2, 0) is 9.84 Å². The van der Waals surface area contributed by atoms with E-state index in [9.17, 15) is 13.2 Å². The number of rotatable bonds is 6. The summed E-state index contributed by atoms with van der Waals surface area (Å²) in [7, 11) is -2.97. The van der Waals surface area contributed by atoms with Crippen LogP contribution in [0.5, 0.6) is 0 Å². The number of Topliss-reactive ketones (excluding diaryl/α,β-unsaturated/α-hetero) is 1. The molecule has 4 heteroatoms. The molecule has 1 aromatic rings. The lowest BCUT2D eigenvalue weighted by Crippen LogP contribution is -2.11. The molecule has 0 aliphatic carbocycles. The molecule has 1 rings (SSSR count). The monoisotopic (exact) mass is 268 g/mol. The first-order valence-corrected chi connectivity index (χ1v) is 7.98. The van der Waals surface area contributed by atoms with Crippen LogP contribution in [0.25, 0.3) is 0 Å². The molecule has 18 heavy (non-hydrogen) atoms. The van der Waals surface area contributed by atoms with Crippen LogP contribution < -0.4 is 0 Å². The maximum Gasteiger partial charge on any atom is 0.163 e. The van der Waals surface area contributed by atoms with Crippen molar-refractivity contribution in [3.63, 3.8) is 0 Å². The highest BCUT2D eigenvalue weighted by molar-refractivity contribution is 7.91. The highest BCUT2D eigenvalue weighted by Gasteiger charge is 2.12. The van der Waals surface area contributed by atoms with Crippen LogP contribution in [-0.4, -0.2) is 25.7 Å². The number of sulfone groups is 1. The third-order valence-corrected chi connectivity index (χ3v) is 4.78. The van der Waals surface area contributed by atoms with Crippen molar-refractivity contribution in [2.24, 2.45) is 0 Å². The van der Waals surface area contributed by atoms with Crippen LogP contribution in [0.15, 0.2) is 18.2 Å². The second-order valence-electron chi connectivity index (χ2n) is 4.58. The lowest BCUT2D eigenvalue weighted by atomic mass is 10.00. The summed E-state index contributed by atoms with van der Waals surface area (Å²) < 4.78 is 22.7. The minimum Gasteiger partial charge on any atom is -0.294 e. The van der Waals surface area contributed by atoms with E-state index < -0.39 is 9.84 Å². The second-order valence-corrected chi connectivity index (χ2v) is 7.05. The number of benzene rings is 1. The van der Waals surface area contributed by atoms with Crippen LogP contribution in [0, 0.1) is 13.8 Å². The van der Waals surface area contributed by atoms with Gasteiger partial charge < -0.3 is 0 Å². The van der Waals surface area contributed by atoms with E-state index in [0.717, 1.165) is 11.1 Å². The molecule has 0 amide bonds. The van der Waals surface area contributed by atoms with Gasteiger partial charge in [-0.25, -0.2) is 8.42 Å². The average molecular weight is 268 g/mol. The van der Waals surface area contributed by atoms with Gasteiger partial charge in [-0.1, -0.05) is 24.6 Å². The Morgan fingerprint density at radius 2 is 1.89 bits per heavy atom. The molecule has 0 N–H and O–H groups in total. The van der Waals surface area contributed by atoms with E-state index in [1.807, 2.05) is 32.0 Å². The molecule has 0 aromatic heterocycles. The summed E-state index contributed by atoms with van der Waals surface area (Å²) in [5.41, 5.74) is 2.71. The summed E-state index contributed by atoms with van der Waals surface area (Å²) in [5.74, 6) is 0.271. The van der Waals surface area contributed by atoms with Crippen molar-refractivity contribution in [3.8, 4) is 0 Å². The second kappa shape index (κ2) is 6.14. The number of hydrogen-bond acceptors (Lipinski definition) is 3. The fraction of sp³-hybridized carbons (Fsp3) is 0.500. The van der Waals surface area contributed by atoms with E-state index in [1.54, 1.807) is 6.92 Å². The Labute approximate surface area is 109 Å². The Bertz CT molecular complexity index is 530. The van der Waals surface area contributed by atoms with Gasteiger partial charge in [0.15, 0.2) is 5.78 Å². The van der Waals surface area contributed by atoms with Crippen molar-refractivity contribution in [1.29, 1.82) is 0 Å². The average Bonchev–Trinajstić information content (AvgIpc) is 2.32. The maximum absolute atomic E-state index is 12.0. The van der Waals surface area contributed by atoms with Crippen molar-refractivity contribution in [2.75, 3.05) is 11.5 Å². The zero-order chi connectivity index (χ0) is 13.8. The van der Waals surface area contributed by atoms with E-state index in [2.05, 4.69) is 0 Å². The largest absolute Gasteiger partial charge is 0.294 e. The van der Waals surface area contributed by atoms with Crippen molar-refractivity contribution >= 4 is 15.6 Å². The fourth-order valence-corrected chi connectivity index (χ4v) is 2.64. The molecule has 1 aromatic carbocycles. The van der Waals surface area contributed by atoms with Crippen molar-refractivity contribution in [1.82, 2.24) is 0 Å². The highest BCUT2D eigenvalue weighted by Crippen LogP contribution is 2.14. The van der Waals surface area contributed by atoms with Gasteiger partial charge in [-0.3, -0.25) is 4.79 Å². The van der Waals surface area contributed by atoms with Gasteiger partial charge in [-0.15, -0.1) is 0 Å². The SMILES string of the molecule is CCS(=O)(=O)CCCC(=O)c1cc(C)ccc1C. The van der Waals surface area contributed by atoms with E-state index >= 15 is 0 Å². The van der Waals surface area contributed by atoms with Crippen LogP contribution in [0.2, 0.25) is 0 Å². The van der Waals surface area contributed by atoms with Crippen LogP contribution >= 0.6 is 0 Å². The van der Waals surface area contributed by atoms with Gasteiger partial charge in [0.2, 0.25) is 0 Å².